The second kappa shape index (κ2) is 5.29. The number of ether oxygens (including phenoxy) is 1. The van der Waals surface area contributed by atoms with E-state index in [1.54, 1.807) is 0 Å². The Morgan fingerprint density at radius 1 is 1.58 bits per heavy atom. The molecule has 70 valence electrons. The largest absolute Gasteiger partial charge is 0.470 e. The fourth-order valence-electron chi connectivity index (χ4n) is 1.28. The third kappa shape index (κ3) is 3.34. The van der Waals surface area contributed by atoms with Gasteiger partial charge in [-0.15, -0.1) is 0 Å². The van der Waals surface area contributed by atoms with Crippen molar-refractivity contribution < 1.29 is 4.74 Å². The van der Waals surface area contributed by atoms with Crippen molar-refractivity contribution in [3.8, 4) is 0 Å². The van der Waals surface area contributed by atoms with Gasteiger partial charge in [0.25, 0.3) is 5.17 Å². The van der Waals surface area contributed by atoms with Crippen LogP contribution in [0.1, 0.15) is 12.8 Å². The van der Waals surface area contributed by atoms with Crippen LogP contribution in [0, 0.1) is 5.92 Å². The highest BCUT2D eigenvalue weighted by Crippen LogP contribution is 2.11. The summed E-state index contributed by atoms with van der Waals surface area (Å²) in [4.78, 5) is 0. The Labute approximate surface area is 77.8 Å². The third-order valence-corrected chi connectivity index (χ3v) is 2.26. The van der Waals surface area contributed by atoms with Gasteiger partial charge in [-0.2, -0.15) is 0 Å². The molecule has 1 rings (SSSR count). The fourth-order valence-corrected chi connectivity index (χ4v) is 1.35. The highest BCUT2D eigenvalue weighted by Gasteiger charge is 2.13. The maximum absolute atomic E-state index is 5.20. The first kappa shape index (κ1) is 9.70. The van der Waals surface area contributed by atoms with Crippen molar-refractivity contribution >= 4 is 17.4 Å². The van der Waals surface area contributed by atoms with Crippen molar-refractivity contribution in [2.45, 2.75) is 12.8 Å². The monoisotopic (exact) mass is 189 g/mol. The molecule has 12 heavy (non-hydrogen) atoms. The van der Waals surface area contributed by atoms with Gasteiger partial charge in [-0.05, 0) is 44.1 Å². The summed E-state index contributed by atoms with van der Waals surface area (Å²) in [7, 11) is 0. The summed E-state index contributed by atoms with van der Waals surface area (Å²) in [6.45, 7) is 2.85. The van der Waals surface area contributed by atoms with E-state index < -0.39 is 0 Å². The predicted octanol–water partition coefficient (Wildman–Crippen LogP) is -0.249. The van der Waals surface area contributed by atoms with Crippen molar-refractivity contribution in [1.29, 1.82) is 0 Å². The van der Waals surface area contributed by atoms with Crippen molar-refractivity contribution in [1.82, 2.24) is 10.7 Å². The Morgan fingerprint density at radius 3 is 2.83 bits per heavy atom. The molecule has 4 N–H and O–H groups in total. The Morgan fingerprint density at radius 2 is 2.25 bits per heavy atom. The van der Waals surface area contributed by atoms with Crippen LogP contribution in [0.2, 0.25) is 0 Å². The maximum atomic E-state index is 5.20. The Bertz CT molecular complexity index is 148. The summed E-state index contributed by atoms with van der Waals surface area (Å²) >= 11 is 4.75. The zero-order valence-corrected chi connectivity index (χ0v) is 7.82. The standard InChI is InChI=1S/C7H15N3OS/c8-10-7(12)11-5-6-1-3-9-4-2-6/h6,9H,1-5,8H2,(H,10,12). The molecule has 0 spiro atoms. The number of hydrazine groups is 1. The number of hydrogen-bond donors (Lipinski definition) is 3. The average molecular weight is 189 g/mol. The number of nitrogens with one attached hydrogen (secondary N) is 2. The first-order valence-electron chi connectivity index (χ1n) is 4.17. The number of nitrogens with two attached hydrogens (primary N) is 1. The van der Waals surface area contributed by atoms with Gasteiger partial charge in [0.05, 0.1) is 6.61 Å². The summed E-state index contributed by atoms with van der Waals surface area (Å²) in [6, 6.07) is 0. The summed E-state index contributed by atoms with van der Waals surface area (Å²) < 4.78 is 5.20. The van der Waals surface area contributed by atoms with E-state index in [0.29, 0.717) is 12.5 Å². The van der Waals surface area contributed by atoms with E-state index in [1.807, 2.05) is 0 Å². The van der Waals surface area contributed by atoms with Crippen LogP contribution in [0.5, 0.6) is 0 Å². The smallest absolute Gasteiger partial charge is 0.271 e. The van der Waals surface area contributed by atoms with Gasteiger partial charge in [-0.3, -0.25) is 5.43 Å². The van der Waals surface area contributed by atoms with Crippen LogP contribution in [-0.2, 0) is 4.74 Å². The summed E-state index contributed by atoms with van der Waals surface area (Å²) in [6.07, 6.45) is 2.32. The molecule has 1 fully saturated rings. The molecule has 0 radical (unpaired) electrons. The molecule has 0 aromatic heterocycles. The van der Waals surface area contributed by atoms with Gasteiger partial charge in [-0.25, -0.2) is 5.84 Å². The van der Waals surface area contributed by atoms with Crippen LogP contribution < -0.4 is 16.6 Å². The van der Waals surface area contributed by atoms with Crippen LogP contribution in [0.4, 0.5) is 0 Å². The zero-order valence-electron chi connectivity index (χ0n) is 7.01. The van der Waals surface area contributed by atoms with Crippen molar-refractivity contribution in [2.24, 2.45) is 11.8 Å². The molecular weight excluding hydrogens is 174 g/mol. The molecular formula is C7H15N3OS. The minimum atomic E-state index is 0.286. The lowest BCUT2D eigenvalue weighted by Crippen LogP contribution is -2.34. The van der Waals surface area contributed by atoms with Gasteiger partial charge >= 0.3 is 0 Å². The second-order valence-electron chi connectivity index (χ2n) is 2.94. The number of hydrogen-bond acceptors (Lipinski definition) is 4. The average Bonchev–Trinajstić information content (AvgIpc) is 2.16. The lowest BCUT2D eigenvalue weighted by molar-refractivity contribution is 0.203. The van der Waals surface area contributed by atoms with Gasteiger partial charge in [0.2, 0.25) is 0 Å². The molecule has 5 heteroatoms. The zero-order chi connectivity index (χ0) is 8.81. The SMILES string of the molecule is NNC(=S)OCC1CCNCC1. The molecule has 0 amide bonds. The predicted molar refractivity (Wildman–Crippen MR) is 51.5 cm³/mol. The highest BCUT2D eigenvalue weighted by atomic mass is 32.1. The van der Waals surface area contributed by atoms with Crippen LogP contribution in [0.3, 0.4) is 0 Å². The van der Waals surface area contributed by atoms with E-state index in [9.17, 15) is 0 Å². The Hall–Kier alpha value is -0.390. The van der Waals surface area contributed by atoms with E-state index in [-0.39, 0.29) is 5.17 Å². The van der Waals surface area contributed by atoms with Gasteiger partial charge in [0, 0.05) is 0 Å². The topological polar surface area (TPSA) is 59.3 Å². The highest BCUT2D eigenvalue weighted by molar-refractivity contribution is 7.80. The molecule has 4 nitrogen and oxygen atoms in total. The van der Waals surface area contributed by atoms with E-state index in [4.69, 9.17) is 22.8 Å². The normalized spacial score (nSPS) is 18.8. The third-order valence-electron chi connectivity index (χ3n) is 2.03. The minimum absolute atomic E-state index is 0.286. The fraction of sp³-hybridized carbons (Fsp3) is 0.857. The number of thiocarbonyl (C=S) groups is 1. The summed E-state index contributed by atoms with van der Waals surface area (Å²) in [5, 5.41) is 3.57. The second-order valence-corrected chi connectivity index (χ2v) is 3.31. The van der Waals surface area contributed by atoms with Crippen molar-refractivity contribution in [3.05, 3.63) is 0 Å². The minimum Gasteiger partial charge on any atom is -0.470 e. The quantitative estimate of drug-likeness (QED) is 0.318. The van der Waals surface area contributed by atoms with Gasteiger partial charge in [0.1, 0.15) is 0 Å². The van der Waals surface area contributed by atoms with E-state index in [2.05, 4.69) is 10.7 Å². The van der Waals surface area contributed by atoms with Gasteiger partial charge < -0.3 is 10.1 Å². The van der Waals surface area contributed by atoms with Crippen LogP contribution in [0.15, 0.2) is 0 Å². The first-order chi connectivity index (χ1) is 5.83. The molecule has 1 aliphatic heterocycles. The Kier molecular flexibility index (Phi) is 4.27. The lowest BCUT2D eigenvalue weighted by Gasteiger charge is -2.22. The first-order valence-corrected chi connectivity index (χ1v) is 4.58. The van der Waals surface area contributed by atoms with Crippen LogP contribution in [-0.4, -0.2) is 24.9 Å². The van der Waals surface area contributed by atoms with Crippen LogP contribution in [0.25, 0.3) is 0 Å². The maximum Gasteiger partial charge on any atom is 0.271 e. The molecule has 1 saturated heterocycles. The van der Waals surface area contributed by atoms with Crippen LogP contribution >= 0.6 is 12.2 Å². The molecule has 1 heterocycles. The lowest BCUT2D eigenvalue weighted by atomic mass is 9.99. The summed E-state index contributed by atoms with van der Waals surface area (Å²) in [5.74, 6) is 5.68. The number of piperidine rings is 1. The molecule has 0 bridgehead atoms. The summed E-state index contributed by atoms with van der Waals surface area (Å²) in [5.41, 5.74) is 2.30. The molecule has 1 aliphatic rings. The van der Waals surface area contributed by atoms with Gasteiger partial charge in [-0.1, -0.05) is 0 Å². The molecule has 0 aromatic carbocycles. The van der Waals surface area contributed by atoms with E-state index in [1.165, 1.54) is 0 Å². The number of rotatable bonds is 2. The van der Waals surface area contributed by atoms with Crippen molar-refractivity contribution in [3.63, 3.8) is 0 Å². The van der Waals surface area contributed by atoms with E-state index in [0.717, 1.165) is 25.9 Å². The molecule has 0 aliphatic carbocycles. The Balaban J connectivity index is 2.09. The molecule has 0 saturated carbocycles. The molecule has 0 aromatic rings. The van der Waals surface area contributed by atoms with E-state index >= 15 is 0 Å². The van der Waals surface area contributed by atoms with Gasteiger partial charge in [0.15, 0.2) is 0 Å². The molecule has 0 unspecified atom stereocenters. The van der Waals surface area contributed by atoms with Crippen molar-refractivity contribution in [2.75, 3.05) is 19.7 Å². The molecule has 0 atom stereocenters.